The van der Waals surface area contributed by atoms with Crippen LogP contribution in [0.2, 0.25) is 0 Å². The van der Waals surface area contributed by atoms with Crippen LogP contribution in [0.1, 0.15) is 77.6 Å². The molecule has 0 spiro atoms. The number of unbranched alkanes of at least 4 members (excludes halogenated alkanes) is 1. The lowest BCUT2D eigenvalue weighted by molar-refractivity contribution is -0.138. The number of amides is 8. The molecule has 0 aromatic rings. The fourth-order valence-electron chi connectivity index (χ4n) is 5.46. The molecule has 348 valence electrons. The maximum absolute atomic E-state index is 12.6. The molecule has 0 aromatic heterocycles. The van der Waals surface area contributed by atoms with E-state index in [2.05, 4.69) is 31.9 Å². The fraction of sp³-hybridized carbons (Fsp3) is 0.769. The Kier molecular flexibility index (Phi) is 31.8. The molecule has 21 nitrogen and oxygen atoms in total. The van der Waals surface area contributed by atoms with E-state index in [4.69, 9.17) is 30.1 Å². The van der Waals surface area contributed by atoms with Gasteiger partial charge in [-0.05, 0) is 51.8 Å². The van der Waals surface area contributed by atoms with E-state index in [-0.39, 0.29) is 126 Å². The summed E-state index contributed by atoms with van der Waals surface area (Å²) in [5, 5.41) is 23.3. The molecular formula is C39H69N9O12S. The standard InChI is InChI=1S/C39H69N9O12S/c1-29(40)6-5-27-61-31-28-37(54)48(39(31)56)18-12-35(52)43-13-4-3-7-30(38(41)55)47-36(53)11-10-34(51)46-17-22-60-26-25-59-21-16-45-33(50)9-8-32(49)44-15-20-58-24-23-57-19-14-42-2/h30-31,40,42H,3-28H2,1-2H3,(H2,41,55)(H,43,52)(H,44,49)(H,45,50)(H,46,51)(H,47,53). The average molecular weight is 888 g/mol. The number of hydrogen-bond acceptors (Lipinski definition) is 15. The molecule has 0 bridgehead atoms. The van der Waals surface area contributed by atoms with Crippen LogP contribution in [0.4, 0.5) is 0 Å². The molecule has 1 heterocycles. The van der Waals surface area contributed by atoms with Gasteiger partial charge in [0.2, 0.25) is 47.3 Å². The molecule has 2 unspecified atom stereocenters. The zero-order valence-corrected chi connectivity index (χ0v) is 36.7. The van der Waals surface area contributed by atoms with E-state index in [1.54, 1.807) is 6.92 Å². The van der Waals surface area contributed by atoms with Crippen LogP contribution in [0.25, 0.3) is 0 Å². The smallest absolute Gasteiger partial charge is 0.242 e. The number of carbonyl (C=O) groups excluding carboxylic acids is 8. The third kappa shape index (κ3) is 29.6. The van der Waals surface area contributed by atoms with Crippen LogP contribution in [0.15, 0.2) is 0 Å². The van der Waals surface area contributed by atoms with Crippen molar-refractivity contribution in [3.8, 4) is 0 Å². The summed E-state index contributed by atoms with van der Waals surface area (Å²) in [4.78, 5) is 98.6. The number of nitrogens with zero attached hydrogens (tertiary/aromatic N) is 1. The van der Waals surface area contributed by atoms with Crippen LogP contribution in [-0.4, -0.2) is 174 Å². The van der Waals surface area contributed by atoms with Crippen LogP contribution >= 0.6 is 11.8 Å². The number of imide groups is 1. The van der Waals surface area contributed by atoms with E-state index in [0.29, 0.717) is 70.2 Å². The first-order valence-corrected chi connectivity index (χ1v) is 22.0. The van der Waals surface area contributed by atoms with Crippen molar-refractivity contribution in [2.24, 2.45) is 5.73 Å². The third-order valence-electron chi connectivity index (χ3n) is 8.80. The monoisotopic (exact) mass is 887 g/mol. The van der Waals surface area contributed by atoms with Crippen molar-refractivity contribution in [2.75, 3.05) is 105 Å². The summed E-state index contributed by atoms with van der Waals surface area (Å²) in [6, 6.07) is -0.940. The molecular weight excluding hydrogens is 819 g/mol. The maximum Gasteiger partial charge on any atom is 0.242 e. The van der Waals surface area contributed by atoms with E-state index in [0.717, 1.165) is 17.9 Å². The Morgan fingerprint density at radius 2 is 1.15 bits per heavy atom. The Morgan fingerprint density at radius 3 is 1.64 bits per heavy atom. The Balaban J connectivity index is 2.03. The molecule has 2 atom stereocenters. The Morgan fingerprint density at radius 1 is 0.672 bits per heavy atom. The van der Waals surface area contributed by atoms with Crippen LogP contribution in [-0.2, 0) is 57.3 Å². The number of thioether (sulfide) groups is 1. The third-order valence-corrected chi connectivity index (χ3v) is 10.1. The van der Waals surface area contributed by atoms with E-state index in [1.165, 1.54) is 11.8 Å². The molecule has 1 saturated heterocycles. The van der Waals surface area contributed by atoms with Crippen LogP contribution in [0, 0.1) is 5.41 Å². The Hall–Kier alpha value is -4.22. The molecule has 1 aliphatic heterocycles. The first-order valence-electron chi connectivity index (χ1n) is 20.9. The van der Waals surface area contributed by atoms with Gasteiger partial charge in [-0.25, -0.2) is 0 Å². The normalized spacial score (nSPS) is 14.1. The topological polar surface area (TPSA) is 299 Å². The van der Waals surface area contributed by atoms with Gasteiger partial charge in [0, 0.05) is 83.5 Å². The van der Waals surface area contributed by atoms with Crippen LogP contribution < -0.4 is 37.6 Å². The maximum atomic E-state index is 12.6. The number of rotatable bonds is 39. The van der Waals surface area contributed by atoms with Gasteiger partial charge in [0.25, 0.3) is 0 Å². The molecule has 61 heavy (non-hydrogen) atoms. The molecule has 22 heteroatoms. The van der Waals surface area contributed by atoms with Gasteiger partial charge in [-0.2, -0.15) is 0 Å². The average Bonchev–Trinajstić information content (AvgIpc) is 3.49. The summed E-state index contributed by atoms with van der Waals surface area (Å²) in [5.74, 6) is -2.33. The summed E-state index contributed by atoms with van der Waals surface area (Å²) in [5.41, 5.74) is 6.03. The SMILES string of the molecule is CNCCOCCOCCNC(=O)CCC(=O)NCCOCCOCCNC(=O)CCC(=O)NC(CCCCNC(=O)CCN1C(=O)CC(SCCCC(C)=N)C1=O)C(N)=O. The minimum atomic E-state index is -0.940. The summed E-state index contributed by atoms with van der Waals surface area (Å²) >= 11 is 1.41. The van der Waals surface area contributed by atoms with Gasteiger partial charge in [-0.3, -0.25) is 43.3 Å². The highest BCUT2D eigenvalue weighted by atomic mass is 32.2. The summed E-state index contributed by atoms with van der Waals surface area (Å²) in [6.45, 7) is 6.52. The molecule has 0 aliphatic carbocycles. The van der Waals surface area contributed by atoms with Crippen LogP contribution in [0.5, 0.6) is 0 Å². The zero-order chi connectivity index (χ0) is 45.1. The largest absolute Gasteiger partial charge is 0.378 e. The molecule has 1 rings (SSSR count). The first-order chi connectivity index (χ1) is 29.3. The van der Waals surface area contributed by atoms with Crippen molar-refractivity contribution in [3.05, 3.63) is 0 Å². The summed E-state index contributed by atoms with van der Waals surface area (Å²) < 4.78 is 21.5. The quantitative estimate of drug-likeness (QED) is 0.0198. The van der Waals surface area contributed by atoms with E-state index in [1.807, 2.05) is 7.05 Å². The van der Waals surface area contributed by atoms with Crippen molar-refractivity contribution >= 4 is 64.7 Å². The lowest BCUT2D eigenvalue weighted by Crippen LogP contribution is -2.44. The second-order valence-electron chi connectivity index (χ2n) is 14.1. The number of nitrogens with one attached hydrogen (secondary N) is 7. The van der Waals surface area contributed by atoms with Gasteiger partial charge in [-0.15, -0.1) is 11.8 Å². The van der Waals surface area contributed by atoms with Gasteiger partial charge >= 0.3 is 0 Å². The second-order valence-corrected chi connectivity index (χ2v) is 15.4. The lowest BCUT2D eigenvalue weighted by Gasteiger charge is -2.16. The molecule has 0 saturated carbocycles. The van der Waals surface area contributed by atoms with Gasteiger partial charge in [0.05, 0.1) is 58.1 Å². The Bertz CT molecular complexity index is 1380. The highest BCUT2D eigenvalue weighted by molar-refractivity contribution is 8.00. The number of nitrogens with two attached hydrogens (primary N) is 1. The fourth-order valence-corrected chi connectivity index (χ4v) is 6.59. The van der Waals surface area contributed by atoms with Gasteiger partial charge in [-0.1, -0.05) is 0 Å². The van der Waals surface area contributed by atoms with Crippen molar-refractivity contribution in [1.29, 1.82) is 5.41 Å². The highest BCUT2D eigenvalue weighted by Crippen LogP contribution is 2.26. The lowest BCUT2D eigenvalue weighted by atomic mass is 10.1. The van der Waals surface area contributed by atoms with Crippen molar-refractivity contribution in [3.63, 3.8) is 0 Å². The molecule has 1 fully saturated rings. The second kappa shape index (κ2) is 35.4. The zero-order valence-electron chi connectivity index (χ0n) is 35.9. The van der Waals surface area contributed by atoms with E-state index in [9.17, 15) is 38.4 Å². The number of likely N-dealkylation sites (N-methyl/N-ethyl adjacent to an activating group) is 1. The number of hydrogen-bond donors (Lipinski definition) is 8. The number of likely N-dealkylation sites (tertiary alicyclic amines) is 1. The minimum absolute atomic E-state index is 0.00229. The molecule has 9 N–H and O–H groups in total. The number of primary amides is 1. The Labute approximate surface area is 363 Å². The van der Waals surface area contributed by atoms with Crippen molar-refractivity contribution in [1.82, 2.24) is 36.8 Å². The predicted octanol–water partition coefficient (Wildman–Crippen LogP) is -1.49. The first kappa shape index (κ1) is 54.8. The minimum Gasteiger partial charge on any atom is -0.378 e. The molecule has 1 aliphatic rings. The highest BCUT2D eigenvalue weighted by Gasteiger charge is 2.38. The van der Waals surface area contributed by atoms with E-state index >= 15 is 0 Å². The number of carbonyl (C=O) groups is 8. The summed E-state index contributed by atoms with van der Waals surface area (Å²) in [6.07, 6.45) is 2.55. The van der Waals surface area contributed by atoms with Crippen molar-refractivity contribution < 1.29 is 57.3 Å². The van der Waals surface area contributed by atoms with Gasteiger partial charge in [0.15, 0.2) is 0 Å². The molecule has 0 radical (unpaired) electrons. The molecule has 8 amide bonds. The van der Waals surface area contributed by atoms with Crippen LogP contribution in [0.3, 0.4) is 0 Å². The van der Waals surface area contributed by atoms with Crippen molar-refractivity contribution in [2.45, 2.75) is 88.8 Å². The molecule has 0 aromatic carbocycles. The van der Waals surface area contributed by atoms with E-state index < -0.39 is 23.1 Å². The summed E-state index contributed by atoms with van der Waals surface area (Å²) in [7, 11) is 1.84. The predicted molar refractivity (Wildman–Crippen MR) is 228 cm³/mol. The van der Waals surface area contributed by atoms with Gasteiger partial charge < -0.3 is 62.0 Å². The van der Waals surface area contributed by atoms with Gasteiger partial charge in [0.1, 0.15) is 6.04 Å². The number of ether oxygens (including phenoxy) is 4.